The molecule has 3 aromatic carbocycles. The predicted molar refractivity (Wildman–Crippen MR) is 129 cm³/mol. The van der Waals surface area contributed by atoms with Crippen LogP contribution in [0.5, 0.6) is 5.75 Å². The Balaban J connectivity index is 1.78. The highest BCUT2D eigenvalue weighted by atomic mass is 32.2. The summed E-state index contributed by atoms with van der Waals surface area (Å²) in [5.74, 6) is 0.599. The van der Waals surface area contributed by atoms with Crippen LogP contribution < -0.4 is 20.6 Å². The van der Waals surface area contributed by atoms with Gasteiger partial charge >= 0.3 is 0 Å². The number of amides is 1. The normalized spacial score (nSPS) is 17.2. The molecule has 0 saturated carbocycles. The van der Waals surface area contributed by atoms with Crippen LogP contribution >= 0.6 is 11.8 Å². The number of carbonyl (C=O) groups excluding carboxylic acids is 1. The van der Waals surface area contributed by atoms with Gasteiger partial charge in [-0.1, -0.05) is 73.6 Å². The highest BCUT2D eigenvalue weighted by molar-refractivity contribution is 8.13. The van der Waals surface area contributed by atoms with Crippen LogP contribution in [0.3, 0.4) is 0 Å². The van der Waals surface area contributed by atoms with Crippen molar-refractivity contribution in [3.63, 3.8) is 0 Å². The van der Waals surface area contributed by atoms with Crippen LogP contribution in [-0.4, -0.2) is 28.9 Å². The number of amidine groups is 1. The number of para-hydroxylation sites is 1. The zero-order valence-electron chi connectivity index (χ0n) is 18.0. The molecule has 1 N–H and O–H groups in total. The lowest BCUT2D eigenvalue weighted by molar-refractivity contribution is -0.116. The van der Waals surface area contributed by atoms with Crippen molar-refractivity contribution in [3.05, 3.63) is 76.8 Å². The highest BCUT2D eigenvalue weighted by Crippen LogP contribution is 2.40. The summed E-state index contributed by atoms with van der Waals surface area (Å²) in [6.07, 6.45) is 3.40. The van der Waals surface area contributed by atoms with Gasteiger partial charge in [-0.05, 0) is 35.6 Å². The lowest BCUT2D eigenvalue weighted by Crippen LogP contribution is -2.50. The first-order valence-electron chi connectivity index (χ1n) is 10.8. The molecule has 7 heteroatoms. The summed E-state index contributed by atoms with van der Waals surface area (Å²) < 4.78 is 6.24. The molecule has 2 aliphatic heterocycles. The van der Waals surface area contributed by atoms with Crippen molar-refractivity contribution in [2.75, 3.05) is 12.9 Å². The minimum atomic E-state index is -0.518. The summed E-state index contributed by atoms with van der Waals surface area (Å²) in [4.78, 5) is 18.2. The van der Waals surface area contributed by atoms with E-state index in [1.807, 2.05) is 48.7 Å². The van der Waals surface area contributed by atoms with E-state index in [-0.39, 0.29) is 5.91 Å². The average Bonchev–Trinajstić information content (AvgIpc) is 2.83. The molecule has 6 nitrogen and oxygen atoms in total. The Morgan fingerprint density at radius 2 is 1.91 bits per heavy atom. The second kappa shape index (κ2) is 8.67. The van der Waals surface area contributed by atoms with Gasteiger partial charge in [0, 0.05) is 10.8 Å². The number of benzene rings is 3. The van der Waals surface area contributed by atoms with Gasteiger partial charge in [-0.3, -0.25) is 15.1 Å². The number of hydrazone groups is 1. The Bertz CT molecular complexity index is 1350. The summed E-state index contributed by atoms with van der Waals surface area (Å²) in [5, 5.41) is 13.6. The molecule has 162 valence electrons. The third-order valence-corrected chi connectivity index (χ3v) is 6.22. The maximum absolute atomic E-state index is 13.1. The second-order valence-corrected chi connectivity index (χ2v) is 8.47. The van der Waals surface area contributed by atoms with E-state index in [2.05, 4.69) is 30.4 Å². The van der Waals surface area contributed by atoms with Gasteiger partial charge in [-0.25, -0.2) is 5.01 Å². The molecule has 3 aromatic rings. The van der Waals surface area contributed by atoms with E-state index < -0.39 is 6.17 Å². The molecule has 0 aromatic heterocycles. The Labute approximate surface area is 190 Å². The molecule has 0 radical (unpaired) electrons. The maximum atomic E-state index is 13.1. The molecule has 0 fully saturated rings. The highest BCUT2D eigenvalue weighted by Gasteiger charge is 2.36. The van der Waals surface area contributed by atoms with Crippen molar-refractivity contribution in [2.24, 2.45) is 10.1 Å². The van der Waals surface area contributed by atoms with Crippen LogP contribution in [0.15, 0.2) is 70.8 Å². The summed E-state index contributed by atoms with van der Waals surface area (Å²) >= 11 is 1.40. The van der Waals surface area contributed by atoms with Crippen LogP contribution in [-0.2, 0) is 4.79 Å². The number of fused-ring (bicyclic) bond motifs is 3. The molecule has 0 saturated heterocycles. The Hall–Kier alpha value is -3.32. The third kappa shape index (κ3) is 3.52. The monoisotopic (exact) mass is 444 g/mol. The first-order valence-corrected chi connectivity index (χ1v) is 12.0. The van der Waals surface area contributed by atoms with Crippen LogP contribution in [0.2, 0.25) is 0 Å². The first-order chi connectivity index (χ1) is 15.7. The minimum absolute atomic E-state index is 0.176. The number of rotatable bonds is 5. The molecule has 32 heavy (non-hydrogen) atoms. The molecule has 0 aliphatic carbocycles. The molecule has 0 unspecified atom stereocenters. The maximum Gasteiger partial charge on any atom is 0.276 e. The van der Waals surface area contributed by atoms with Crippen LogP contribution in [0.4, 0.5) is 0 Å². The smallest absolute Gasteiger partial charge is 0.276 e. The van der Waals surface area contributed by atoms with Gasteiger partial charge in [0.25, 0.3) is 5.91 Å². The van der Waals surface area contributed by atoms with Crippen molar-refractivity contribution in [3.8, 4) is 5.75 Å². The molecule has 2 aliphatic rings. The van der Waals surface area contributed by atoms with Gasteiger partial charge in [0.05, 0.1) is 12.0 Å². The van der Waals surface area contributed by atoms with Crippen molar-refractivity contribution in [2.45, 2.75) is 25.9 Å². The summed E-state index contributed by atoms with van der Waals surface area (Å²) in [6.45, 7) is 2.77. The van der Waals surface area contributed by atoms with E-state index in [1.165, 1.54) is 11.8 Å². The fourth-order valence-corrected chi connectivity index (χ4v) is 4.47. The van der Waals surface area contributed by atoms with Gasteiger partial charge in [0.2, 0.25) is 0 Å². The summed E-state index contributed by atoms with van der Waals surface area (Å²) in [7, 11) is 0. The predicted octanol–water partition coefficient (Wildman–Crippen LogP) is 3.52. The van der Waals surface area contributed by atoms with E-state index >= 15 is 0 Å². The number of nitrogens with zero attached hydrogens (tertiary/aromatic N) is 3. The van der Waals surface area contributed by atoms with Crippen LogP contribution in [0.25, 0.3) is 16.5 Å². The SMILES string of the molecule is CCCCOc1ccc2ccccc2c1[C@H]1N=c2ccccc2=C2C(=O)NC(SC)=NN21. The van der Waals surface area contributed by atoms with Gasteiger partial charge in [0.15, 0.2) is 11.3 Å². The van der Waals surface area contributed by atoms with Crippen molar-refractivity contribution in [1.29, 1.82) is 0 Å². The van der Waals surface area contributed by atoms with E-state index in [4.69, 9.17) is 14.8 Å². The fourth-order valence-electron chi connectivity index (χ4n) is 4.10. The number of thioether (sulfide) groups is 1. The van der Waals surface area contributed by atoms with Crippen LogP contribution in [0.1, 0.15) is 31.5 Å². The van der Waals surface area contributed by atoms with E-state index in [0.717, 1.165) is 45.5 Å². The number of ether oxygens (including phenoxy) is 1. The lowest BCUT2D eigenvalue weighted by Gasteiger charge is -2.35. The van der Waals surface area contributed by atoms with Crippen molar-refractivity contribution in [1.82, 2.24) is 10.3 Å². The molecule has 1 amide bonds. The van der Waals surface area contributed by atoms with Crippen molar-refractivity contribution >= 4 is 39.3 Å². The molecular weight excluding hydrogens is 420 g/mol. The number of carbonyl (C=O) groups is 1. The fraction of sp³-hybridized carbons (Fsp3) is 0.240. The van der Waals surface area contributed by atoms with E-state index in [1.54, 1.807) is 5.01 Å². The van der Waals surface area contributed by atoms with Gasteiger partial charge in [-0.15, -0.1) is 5.10 Å². The standard InChI is InChI=1S/C25H24N4O2S/c1-3-4-15-31-20-14-13-16-9-5-6-10-17(16)21(20)23-26-19-12-8-7-11-18(19)22-24(30)27-25(32-2)28-29(22)23/h5-14,23H,3-4,15H2,1-2H3,(H,27,28,30)/t23-/m0/s1. The molecule has 5 rings (SSSR count). The molecule has 0 bridgehead atoms. The first kappa shape index (κ1) is 20.6. The molecule has 0 spiro atoms. The average molecular weight is 445 g/mol. The summed E-state index contributed by atoms with van der Waals surface area (Å²) in [6, 6.07) is 20.0. The lowest BCUT2D eigenvalue weighted by atomic mass is 9.99. The number of unbranched alkanes of at least 4 members (excludes halogenated alkanes) is 1. The van der Waals surface area contributed by atoms with Gasteiger partial charge in [-0.2, -0.15) is 0 Å². The van der Waals surface area contributed by atoms with Crippen molar-refractivity contribution < 1.29 is 9.53 Å². The largest absolute Gasteiger partial charge is 0.493 e. The topological polar surface area (TPSA) is 66.3 Å². The Morgan fingerprint density at radius 1 is 1.09 bits per heavy atom. The number of hydrogen-bond acceptors (Lipinski definition) is 6. The molecular formula is C25H24N4O2S. The third-order valence-electron chi connectivity index (χ3n) is 5.65. The number of hydrogen-bond donors (Lipinski definition) is 1. The zero-order chi connectivity index (χ0) is 22.1. The molecule has 1 atom stereocenters. The Kier molecular flexibility index (Phi) is 5.57. The number of nitrogens with one attached hydrogen (secondary N) is 1. The quantitative estimate of drug-likeness (QED) is 0.612. The zero-order valence-corrected chi connectivity index (χ0v) is 18.9. The Morgan fingerprint density at radius 3 is 2.75 bits per heavy atom. The summed E-state index contributed by atoms with van der Waals surface area (Å²) in [5.41, 5.74) is 1.43. The van der Waals surface area contributed by atoms with E-state index in [0.29, 0.717) is 17.5 Å². The minimum Gasteiger partial charge on any atom is -0.493 e. The van der Waals surface area contributed by atoms with Gasteiger partial charge in [0.1, 0.15) is 11.4 Å². The molecule has 2 heterocycles. The van der Waals surface area contributed by atoms with Gasteiger partial charge < -0.3 is 4.74 Å². The second-order valence-electron chi connectivity index (χ2n) is 7.68. The van der Waals surface area contributed by atoms with Crippen LogP contribution in [0, 0.1) is 0 Å². The van der Waals surface area contributed by atoms with E-state index in [9.17, 15) is 4.79 Å².